The number of anilines is 1. The van der Waals surface area contributed by atoms with E-state index in [1.54, 1.807) is 9.80 Å². The van der Waals surface area contributed by atoms with E-state index in [0.29, 0.717) is 26.2 Å². The van der Waals surface area contributed by atoms with Gasteiger partial charge in [-0.2, -0.15) is 0 Å². The minimum Gasteiger partial charge on any atom is -0.372 e. The van der Waals surface area contributed by atoms with Crippen molar-refractivity contribution >= 4 is 17.5 Å². The van der Waals surface area contributed by atoms with Gasteiger partial charge in [0.2, 0.25) is 0 Å². The highest BCUT2D eigenvalue weighted by atomic mass is 16.2. The molecule has 1 aliphatic rings. The molecule has 0 N–H and O–H groups in total. The molecule has 0 aliphatic carbocycles. The van der Waals surface area contributed by atoms with Crippen molar-refractivity contribution in [3.63, 3.8) is 0 Å². The summed E-state index contributed by atoms with van der Waals surface area (Å²) in [5.41, 5.74) is 3.54. The maximum Gasteiger partial charge on any atom is 0.312 e. The van der Waals surface area contributed by atoms with E-state index < -0.39 is 0 Å². The molecular formula is C22H35N3O2. The molecule has 2 amide bonds. The van der Waals surface area contributed by atoms with Gasteiger partial charge in [-0.1, -0.05) is 38.3 Å². The third kappa shape index (κ3) is 5.47. The standard InChI is InChI=1S/C22H35N3O2/c1-5-8-9-10-13-24-14-15-25(22(27)21(24)26)17-19-11-12-20(18(4)16-19)23(6-2)7-3/h11-12,16H,5-10,13-15,17H2,1-4H3. The van der Waals surface area contributed by atoms with Gasteiger partial charge in [-0.15, -0.1) is 0 Å². The van der Waals surface area contributed by atoms with Crippen molar-refractivity contribution in [2.45, 2.75) is 59.9 Å². The van der Waals surface area contributed by atoms with Gasteiger partial charge < -0.3 is 14.7 Å². The first-order valence-electron chi connectivity index (χ1n) is 10.4. The molecule has 150 valence electrons. The number of hydrogen-bond acceptors (Lipinski definition) is 3. The minimum absolute atomic E-state index is 0.339. The molecule has 1 heterocycles. The number of unbranched alkanes of at least 4 members (excludes halogenated alkanes) is 3. The van der Waals surface area contributed by atoms with Crippen LogP contribution in [0.25, 0.3) is 0 Å². The summed E-state index contributed by atoms with van der Waals surface area (Å²) >= 11 is 0. The Kier molecular flexibility index (Phi) is 8.14. The summed E-state index contributed by atoms with van der Waals surface area (Å²) in [6.07, 6.45) is 4.47. The number of benzene rings is 1. The predicted molar refractivity (Wildman–Crippen MR) is 111 cm³/mol. The summed E-state index contributed by atoms with van der Waals surface area (Å²) in [6, 6.07) is 6.35. The Morgan fingerprint density at radius 2 is 1.59 bits per heavy atom. The lowest BCUT2D eigenvalue weighted by Gasteiger charge is -2.34. The Balaban J connectivity index is 1.95. The van der Waals surface area contributed by atoms with Crippen LogP contribution in [0.5, 0.6) is 0 Å². The van der Waals surface area contributed by atoms with Gasteiger partial charge in [0.25, 0.3) is 0 Å². The molecule has 0 spiro atoms. The number of aryl methyl sites for hydroxylation is 1. The lowest BCUT2D eigenvalue weighted by atomic mass is 10.1. The summed E-state index contributed by atoms with van der Waals surface area (Å²) in [4.78, 5) is 30.7. The second-order valence-electron chi connectivity index (χ2n) is 7.37. The van der Waals surface area contributed by atoms with Crippen LogP contribution in [0.3, 0.4) is 0 Å². The van der Waals surface area contributed by atoms with Gasteiger partial charge in [0.05, 0.1) is 0 Å². The number of amides is 2. The van der Waals surface area contributed by atoms with E-state index in [9.17, 15) is 9.59 Å². The van der Waals surface area contributed by atoms with Crippen LogP contribution in [0.4, 0.5) is 5.69 Å². The van der Waals surface area contributed by atoms with E-state index in [-0.39, 0.29) is 11.8 Å². The molecule has 0 atom stereocenters. The molecule has 1 aromatic rings. The zero-order valence-electron chi connectivity index (χ0n) is 17.5. The van der Waals surface area contributed by atoms with Crippen LogP contribution < -0.4 is 4.90 Å². The molecule has 5 heteroatoms. The quantitative estimate of drug-likeness (QED) is 0.465. The van der Waals surface area contributed by atoms with Crippen molar-refractivity contribution in [3.8, 4) is 0 Å². The van der Waals surface area contributed by atoms with Gasteiger partial charge in [0.15, 0.2) is 0 Å². The number of nitrogens with zero attached hydrogens (tertiary/aromatic N) is 3. The van der Waals surface area contributed by atoms with Gasteiger partial charge in [-0.25, -0.2) is 0 Å². The zero-order valence-corrected chi connectivity index (χ0v) is 17.5. The molecule has 5 nitrogen and oxygen atoms in total. The van der Waals surface area contributed by atoms with E-state index in [4.69, 9.17) is 0 Å². The molecule has 2 rings (SSSR count). The first-order chi connectivity index (χ1) is 13.0. The van der Waals surface area contributed by atoms with Crippen LogP contribution in [-0.4, -0.2) is 54.3 Å². The normalized spacial score (nSPS) is 14.8. The summed E-state index contributed by atoms with van der Waals surface area (Å²) in [5, 5.41) is 0. The number of carbonyl (C=O) groups excluding carboxylic acids is 2. The first-order valence-corrected chi connectivity index (χ1v) is 10.4. The minimum atomic E-state index is -0.359. The second kappa shape index (κ2) is 10.3. The Morgan fingerprint density at radius 3 is 2.22 bits per heavy atom. The molecule has 27 heavy (non-hydrogen) atoms. The van der Waals surface area contributed by atoms with Crippen LogP contribution in [0.2, 0.25) is 0 Å². The first kappa shape index (κ1) is 21.3. The Hall–Kier alpha value is -2.04. The highest BCUT2D eigenvalue weighted by molar-refractivity contribution is 6.35. The van der Waals surface area contributed by atoms with Gasteiger partial charge >= 0.3 is 11.8 Å². The van der Waals surface area contributed by atoms with Gasteiger partial charge in [-0.05, 0) is 44.4 Å². The molecule has 0 saturated carbocycles. The Bertz CT molecular complexity index is 640. The average molecular weight is 374 g/mol. The van der Waals surface area contributed by atoms with Gasteiger partial charge in [-0.3, -0.25) is 9.59 Å². The monoisotopic (exact) mass is 373 g/mol. The third-order valence-electron chi connectivity index (χ3n) is 5.42. The van der Waals surface area contributed by atoms with Crippen LogP contribution in [0.15, 0.2) is 18.2 Å². The maximum atomic E-state index is 12.5. The lowest BCUT2D eigenvalue weighted by molar-refractivity contribution is -0.156. The second-order valence-corrected chi connectivity index (χ2v) is 7.37. The third-order valence-corrected chi connectivity index (χ3v) is 5.42. The predicted octanol–water partition coefficient (Wildman–Crippen LogP) is 3.59. The fourth-order valence-electron chi connectivity index (χ4n) is 3.76. The van der Waals surface area contributed by atoms with E-state index in [1.165, 1.54) is 24.1 Å². The van der Waals surface area contributed by atoms with E-state index in [1.807, 2.05) is 0 Å². The zero-order chi connectivity index (χ0) is 19.8. The lowest BCUT2D eigenvalue weighted by Crippen LogP contribution is -2.54. The summed E-state index contributed by atoms with van der Waals surface area (Å²) < 4.78 is 0. The van der Waals surface area contributed by atoms with Crippen molar-refractivity contribution in [2.75, 3.05) is 37.6 Å². The van der Waals surface area contributed by atoms with Crippen molar-refractivity contribution in [3.05, 3.63) is 29.3 Å². The topological polar surface area (TPSA) is 43.9 Å². The van der Waals surface area contributed by atoms with Gasteiger partial charge in [0.1, 0.15) is 0 Å². The number of piperazine rings is 1. The fraction of sp³-hybridized carbons (Fsp3) is 0.636. The largest absolute Gasteiger partial charge is 0.372 e. The number of hydrogen-bond donors (Lipinski definition) is 0. The molecule has 1 aromatic carbocycles. The van der Waals surface area contributed by atoms with Crippen LogP contribution in [0, 0.1) is 6.92 Å². The smallest absolute Gasteiger partial charge is 0.312 e. The van der Waals surface area contributed by atoms with E-state index in [0.717, 1.165) is 31.5 Å². The summed E-state index contributed by atoms with van der Waals surface area (Å²) in [7, 11) is 0. The molecular weight excluding hydrogens is 338 g/mol. The van der Waals surface area contributed by atoms with Crippen LogP contribution in [0.1, 0.15) is 57.6 Å². The van der Waals surface area contributed by atoms with Gasteiger partial charge in [0, 0.05) is 45.0 Å². The molecule has 0 bridgehead atoms. The van der Waals surface area contributed by atoms with Crippen molar-refractivity contribution in [2.24, 2.45) is 0 Å². The number of rotatable bonds is 10. The highest BCUT2D eigenvalue weighted by Gasteiger charge is 2.32. The molecule has 0 radical (unpaired) electrons. The summed E-state index contributed by atoms with van der Waals surface area (Å²) in [5.74, 6) is -0.698. The summed E-state index contributed by atoms with van der Waals surface area (Å²) in [6.45, 7) is 13.0. The van der Waals surface area contributed by atoms with Crippen molar-refractivity contribution < 1.29 is 9.59 Å². The maximum absolute atomic E-state index is 12.5. The number of carbonyl (C=O) groups is 2. The van der Waals surface area contributed by atoms with E-state index in [2.05, 4.69) is 50.8 Å². The molecule has 1 saturated heterocycles. The average Bonchev–Trinajstić information content (AvgIpc) is 2.66. The SMILES string of the molecule is CCCCCCN1CCN(Cc2ccc(N(CC)CC)c(C)c2)C(=O)C1=O. The van der Waals surface area contributed by atoms with Crippen LogP contribution in [-0.2, 0) is 16.1 Å². The molecule has 0 aromatic heterocycles. The molecule has 1 aliphatic heterocycles. The van der Waals surface area contributed by atoms with E-state index >= 15 is 0 Å². The molecule has 1 fully saturated rings. The van der Waals surface area contributed by atoms with Crippen LogP contribution >= 0.6 is 0 Å². The van der Waals surface area contributed by atoms with Crippen molar-refractivity contribution in [1.29, 1.82) is 0 Å². The molecule has 0 unspecified atom stereocenters. The highest BCUT2D eigenvalue weighted by Crippen LogP contribution is 2.22. The van der Waals surface area contributed by atoms with Crippen molar-refractivity contribution in [1.82, 2.24) is 9.80 Å². The fourth-order valence-corrected chi connectivity index (χ4v) is 3.76. The Labute approximate surface area is 164 Å². The Morgan fingerprint density at radius 1 is 0.926 bits per heavy atom.